The molecule has 1 aromatic heterocycles. The molecule has 0 fully saturated rings. The summed E-state index contributed by atoms with van der Waals surface area (Å²) in [5.74, 6) is 0.962. The van der Waals surface area contributed by atoms with Crippen LogP contribution in [0.3, 0.4) is 0 Å². The molecule has 0 radical (unpaired) electrons. The molecule has 0 spiro atoms. The van der Waals surface area contributed by atoms with Crippen molar-refractivity contribution in [2.75, 3.05) is 24.3 Å². The van der Waals surface area contributed by atoms with Gasteiger partial charge in [0, 0.05) is 26.8 Å². The molecule has 2 rings (SSSR count). The summed E-state index contributed by atoms with van der Waals surface area (Å²) in [6.07, 6.45) is 1.81. The number of hydrogen-bond acceptors (Lipinski definition) is 3. The molecular weight excluding hydrogens is 210 g/mol. The average Bonchev–Trinajstić information content (AvgIpc) is 2.38. The molecule has 0 saturated heterocycles. The summed E-state index contributed by atoms with van der Waals surface area (Å²) in [4.78, 5) is 6.36. The summed E-state index contributed by atoms with van der Waals surface area (Å²) in [5, 5.41) is 3.41. The molecule has 0 amide bonds. The zero-order valence-corrected chi connectivity index (χ0v) is 10.2. The van der Waals surface area contributed by atoms with Crippen molar-refractivity contribution in [3.63, 3.8) is 0 Å². The molecule has 0 atom stereocenters. The Morgan fingerprint density at radius 3 is 2.53 bits per heavy atom. The predicted octanol–water partition coefficient (Wildman–Crippen LogP) is 2.76. The van der Waals surface area contributed by atoms with Gasteiger partial charge in [0.2, 0.25) is 0 Å². The van der Waals surface area contributed by atoms with Crippen LogP contribution in [0.2, 0.25) is 0 Å². The van der Waals surface area contributed by atoms with Crippen LogP contribution in [0.1, 0.15) is 5.56 Å². The van der Waals surface area contributed by atoms with Gasteiger partial charge in [-0.1, -0.05) is 30.3 Å². The van der Waals surface area contributed by atoms with E-state index in [1.54, 1.807) is 0 Å². The van der Waals surface area contributed by atoms with Crippen LogP contribution in [0.25, 0.3) is 0 Å². The molecule has 3 heteroatoms. The summed E-state index contributed by atoms with van der Waals surface area (Å²) in [7, 11) is 3.99. The van der Waals surface area contributed by atoms with Crippen molar-refractivity contribution in [3.05, 3.63) is 54.2 Å². The Labute approximate surface area is 102 Å². The van der Waals surface area contributed by atoms with E-state index in [9.17, 15) is 0 Å². The van der Waals surface area contributed by atoms with Crippen molar-refractivity contribution >= 4 is 11.5 Å². The van der Waals surface area contributed by atoms with Gasteiger partial charge in [-0.15, -0.1) is 0 Å². The monoisotopic (exact) mass is 227 g/mol. The lowest BCUT2D eigenvalue weighted by Gasteiger charge is -2.16. The number of rotatable bonds is 4. The molecule has 1 heterocycles. The van der Waals surface area contributed by atoms with Gasteiger partial charge in [0.15, 0.2) is 5.82 Å². The first-order valence-electron chi connectivity index (χ1n) is 5.67. The van der Waals surface area contributed by atoms with Crippen molar-refractivity contribution in [2.24, 2.45) is 0 Å². The van der Waals surface area contributed by atoms with Crippen LogP contribution in [-0.4, -0.2) is 19.1 Å². The standard InChI is InChI=1S/C14H17N3/c1-17(2)14-13(9-6-10-15-14)16-11-12-7-4-3-5-8-12/h3-10,16H,11H2,1-2H3. The van der Waals surface area contributed by atoms with Crippen LogP contribution in [0.4, 0.5) is 11.5 Å². The highest BCUT2D eigenvalue weighted by Crippen LogP contribution is 2.20. The van der Waals surface area contributed by atoms with E-state index in [4.69, 9.17) is 0 Å². The first kappa shape index (κ1) is 11.5. The minimum atomic E-state index is 0.813. The molecule has 0 aliphatic rings. The Kier molecular flexibility index (Phi) is 3.60. The average molecular weight is 227 g/mol. The lowest BCUT2D eigenvalue weighted by Crippen LogP contribution is -2.13. The number of pyridine rings is 1. The second kappa shape index (κ2) is 5.34. The molecule has 0 bridgehead atoms. The molecular formula is C14H17N3. The minimum Gasteiger partial charge on any atom is -0.378 e. The number of nitrogens with zero attached hydrogens (tertiary/aromatic N) is 2. The highest BCUT2D eigenvalue weighted by atomic mass is 15.2. The van der Waals surface area contributed by atoms with E-state index >= 15 is 0 Å². The third-order valence-electron chi connectivity index (χ3n) is 2.54. The molecule has 88 valence electrons. The third kappa shape index (κ3) is 2.97. The van der Waals surface area contributed by atoms with Crippen LogP contribution >= 0.6 is 0 Å². The van der Waals surface area contributed by atoms with E-state index < -0.39 is 0 Å². The molecule has 0 saturated carbocycles. The highest BCUT2D eigenvalue weighted by Gasteiger charge is 2.04. The summed E-state index contributed by atoms with van der Waals surface area (Å²) in [6, 6.07) is 14.3. The van der Waals surface area contributed by atoms with Gasteiger partial charge in [0.25, 0.3) is 0 Å². The molecule has 1 aromatic carbocycles. The quantitative estimate of drug-likeness (QED) is 0.870. The fourth-order valence-corrected chi connectivity index (χ4v) is 1.68. The number of aromatic nitrogens is 1. The number of hydrogen-bond donors (Lipinski definition) is 1. The van der Waals surface area contributed by atoms with E-state index in [0.29, 0.717) is 0 Å². The molecule has 2 aromatic rings. The Bertz CT molecular complexity index is 466. The summed E-state index contributed by atoms with van der Waals surface area (Å²) in [6.45, 7) is 0.813. The molecule has 3 nitrogen and oxygen atoms in total. The normalized spacial score (nSPS) is 10.0. The van der Waals surface area contributed by atoms with Crippen molar-refractivity contribution in [3.8, 4) is 0 Å². The molecule has 17 heavy (non-hydrogen) atoms. The maximum atomic E-state index is 4.35. The Morgan fingerprint density at radius 2 is 1.82 bits per heavy atom. The van der Waals surface area contributed by atoms with E-state index in [0.717, 1.165) is 18.1 Å². The topological polar surface area (TPSA) is 28.2 Å². The maximum absolute atomic E-state index is 4.35. The highest BCUT2D eigenvalue weighted by molar-refractivity contribution is 5.64. The first-order valence-corrected chi connectivity index (χ1v) is 5.67. The lowest BCUT2D eigenvalue weighted by atomic mass is 10.2. The van der Waals surface area contributed by atoms with Crippen molar-refractivity contribution in [1.29, 1.82) is 0 Å². The second-order valence-corrected chi connectivity index (χ2v) is 4.11. The van der Waals surface area contributed by atoms with E-state index in [-0.39, 0.29) is 0 Å². The van der Waals surface area contributed by atoms with Gasteiger partial charge >= 0.3 is 0 Å². The first-order chi connectivity index (χ1) is 8.27. The number of anilines is 2. The smallest absolute Gasteiger partial charge is 0.151 e. The third-order valence-corrected chi connectivity index (χ3v) is 2.54. The van der Waals surface area contributed by atoms with Crippen LogP contribution in [-0.2, 0) is 6.54 Å². The molecule has 0 aliphatic heterocycles. The van der Waals surface area contributed by atoms with E-state index in [1.807, 2.05) is 55.5 Å². The Balaban J connectivity index is 2.09. The minimum absolute atomic E-state index is 0.813. The van der Waals surface area contributed by atoms with Crippen LogP contribution in [0.15, 0.2) is 48.7 Å². The largest absolute Gasteiger partial charge is 0.378 e. The summed E-state index contributed by atoms with van der Waals surface area (Å²) < 4.78 is 0. The fourth-order valence-electron chi connectivity index (χ4n) is 1.68. The van der Waals surface area contributed by atoms with Gasteiger partial charge in [0.1, 0.15) is 0 Å². The van der Waals surface area contributed by atoms with Crippen LogP contribution in [0.5, 0.6) is 0 Å². The van der Waals surface area contributed by atoms with Crippen LogP contribution < -0.4 is 10.2 Å². The molecule has 0 aliphatic carbocycles. The Hall–Kier alpha value is -2.03. The van der Waals surface area contributed by atoms with E-state index in [1.165, 1.54) is 5.56 Å². The SMILES string of the molecule is CN(C)c1ncccc1NCc1ccccc1. The lowest BCUT2D eigenvalue weighted by molar-refractivity contribution is 1.05. The van der Waals surface area contributed by atoms with Gasteiger partial charge < -0.3 is 10.2 Å². The zero-order chi connectivity index (χ0) is 12.1. The van der Waals surface area contributed by atoms with Gasteiger partial charge in [-0.05, 0) is 17.7 Å². The van der Waals surface area contributed by atoms with Gasteiger partial charge in [0.05, 0.1) is 5.69 Å². The number of nitrogens with one attached hydrogen (secondary N) is 1. The van der Waals surface area contributed by atoms with Crippen molar-refractivity contribution in [1.82, 2.24) is 4.98 Å². The van der Waals surface area contributed by atoms with Gasteiger partial charge in [-0.2, -0.15) is 0 Å². The predicted molar refractivity (Wildman–Crippen MR) is 72.3 cm³/mol. The molecule has 1 N–H and O–H groups in total. The molecule has 0 unspecified atom stereocenters. The fraction of sp³-hybridized carbons (Fsp3) is 0.214. The maximum Gasteiger partial charge on any atom is 0.151 e. The van der Waals surface area contributed by atoms with Gasteiger partial charge in [-0.3, -0.25) is 0 Å². The summed E-state index contributed by atoms with van der Waals surface area (Å²) >= 11 is 0. The van der Waals surface area contributed by atoms with Crippen molar-refractivity contribution < 1.29 is 0 Å². The zero-order valence-electron chi connectivity index (χ0n) is 10.2. The van der Waals surface area contributed by atoms with Crippen LogP contribution in [0, 0.1) is 0 Å². The second-order valence-electron chi connectivity index (χ2n) is 4.11. The Morgan fingerprint density at radius 1 is 1.06 bits per heavy atom. The van der Waals surface area contributed by atoms with E-state index in [2.05, 4.69) is 22.4 Å². The summed E-state index contributed by atoms with van der Waals surface area (Å²) in [5.41, 5.74) is 2.32. The van der Waals surface area contributed by atoms with Gasteiger partial charge in [-0.25, -0.2) is 4.98 Å². The number of benzene rings is 1. The van der Waals surface area contributed by atoms with Crippen molar-refractivity contribution in [2.45, 2.75) is 6.54 Å².